The van der Waals surface area contributed by atoms with Crippen molar-refractivity contribution in [3.05, 3.63) is 83.9 Å². The van der Waals surface area contributed by atoms with Crippen molar-refractivity contribution in [1.82, 2.24) is 5.32 Å². The minimum Gasteiger partial charge on any atom is -0.494 e. The normalized spacial score (nSPS) is 20.8. The fourth-order valence-corrected chi connectivity index (χ4v) is 4.48. The van der Waals surface area contributed by atoms with Crippen LogP contribution in [0.4, 0.5) is 16.2 Å². The predicted octanol–water partition coefficient (Wildman–Crippen LogP) is 5.11. The summed E-state index contributed by atoms with van der Waals surface area (Å²) in [4.78, 5) is 27.3. The molecule has 1 fully saturated rings. The van der Waals surface area contributed by atoms with Gasteiger partial charge in [0.2, 0.25) is 0 Å². The van der Waals surface area contributed by atoms with E-state index in [1.807, 2.05) is 50.2 Å². The van der Waals surface area contributed by atoms with E-state index in [1.165, 1.54) is 0 Å². The SMILES string of the molecule is CCOc1ccc(NC(=O)c2ccc(N3C(=O)N[C@H]4C[C@@]3(C)Oc3ccccc34)cc2)cc1. The Morgan fingerprint density at radius 1 is 1.12 bits per heavy atom. The van der Waals surface area contributed by atoms with Crippen LogP contribution in [0.25, 0.3) is 0 Å². The van der Waals surface area contributed by atoms with Crippen molar-refractivity contribution in [1.29, 1.82) is 0 Å². The summed E-state index contributed by atoms with van der Waals surface area (Å²) in [6.07, 6.45) is 0.621. The Bertz CT molecular complexity index is 1190. The Hall–Kier alpha value is -4.00. The molecule has 33 heavy (non-hydrogen) atoms. The largest absolute Gasteiger partial charge is 0.494 e. The van der Waals surface area contributed by atoms with E-state index in [9.17, 15) is 9.59 Å². The summed E-state index contributed by atoms with van der Waals surface area (Å²) in [5.41, 5.74) is 1.99. The lowest BCUT2D eigenvalue weighted by Gasteiger charge is -2.50. The van der Waals surface area contributed by atoms with Crippen LogP contribution in [0.15, 0.2) is 72.8 Å². The molecule has 2 aliphatic heterocycles. The van der Waals surface area contributed by atoms with Gasteiger partial charge in [0, 0.05) is 28.9 Å². The molecule has 2 heterocycles. The number of nitrogens with zero attached hydrogens (tertiary/aromatic N) is 1. The van der Waals surface area contributed by atoms with Crippen LogP contribution in [-0.2, 0) is 0 Å². The summed E-state index contributed by atoms with van der Waals surface area (Å²) in [5, 5.41) is 5.96. The first-order valence-corrected chi connectivity index (χ1v) is 11.0. The average Bonchev–Trinajstić information content (AvgIpc) is 2.80. The topological polar surface area (TPSA) is 79.9 Å². The van der Waals surface area contributed by atoms with Gasteiger partial charge in [-0.3, -0.25) is 9.69 Å². The monoisotopic (exact) mass is 443 g/mol. The van der Waals surface area contributed by atoms with Crippen molar-refractivity contribution >= 4 is 23.3 Å². The number of ether oxygens (including phenoxy) is 2. The fraction of sp³-hybridized carbons (Fsp3) is 0.231. The molecule has 7 heteroatoms. The average molecular weight is 444 g/mol. The van der Waals surface area contributed by atoms with E-state index in [2.05, 4.69) is 10.6 Å². The Kier molecular flexibility index (Phi) is 5.17. The van der Waals surface area contributed by atoms with Crippen LogP contribution in [0.3, 0.4) is 0 Å². The standard InChI is InChI=1S/C26H25N3O4/c1-3-32-20-14-10-18(11-15-20)27-24(30)17-8-12-19(13-9-17)29-25(31)28-22-16-26(29,2)33-23-7-5-4-6-21(22)23/h4-15,22H,3,16H2,1-2H3,(H,27,30)(H,28,31)/t22-,26+/m0/s1. The third kappa shape index (κ3) is 3.86. The number of rotatable bonds is 5. The lowest BCUT2D eigenvalue weighted by Crippen LogP contribution is -2.65. The highest BCUT2D eigenvalue weighted by atomic mass is 16.5. The molecule has 0 spiro atoms. The predicted molar refractivity (Wildman–Crippen MR) is 126 cm³/mol. The van der Waals surface area contributed by atoms with Crippen molar-refractivity contribution in [3.63, 3.8) is 0 Å². The first-order valence-electron chi connectivity index (χ1n) is 11.0. The van der Waals surface area contributed by atoms with Crippen molar-refractivity contribution < 1.29 is 19.1 Å². The number of carbonyl (C=O) groups excluding carboxylic acids is 2. The number of hydrogen-bond donors (Lipinski definition) is 2. The highest BCUT2D eigenvalue weighted by Crippen LogP contribution is 2.45. The van der Waals surface area contributed by atoms with Gasteiger partial charge in [0.15, 0.2) is 5.72 Å². The molecule has 168 valence electrons. The molecule has 3 aromatic rings. The molecule has 0 saturated carbocycles. The van der Waals surface area contributed by atoms with E-state index < -0.39 is 5.72 Å². The van der Waals surface area contributed by atoms with E-state index >= 15 is 0 Å². The van der Waals surface area contributed by atoms with Gasteiger partial charge in [0.25, 0.3) is 5.91 Å². The van der Waals surface area contributed by atoms with Crippen molar-refractivity contribution in [2.75, 3.05) is 16.8 Å². The van der Waals surface area contributed by atoms with E-state index in [1.54, 1.807) is 41.3 Å². The van der Waals surface area contributed by atoms with Crippen LogP contribution in [0.5, 0.6) is 11.5 Å². The number of urea groups is 1. The van der Waals surface area contributed by atoms with Crippen LogP contribution in [0.2, 0.25) is 0 Å². The van der Waals surface area contributed by atoms with Crippen LogP contribution < -0.4 is 25.0 Å². The number of benzene rings is 3. The second kappa shape index (κ2) is 8.16. The number of carbonyl (C=O) groups is 2. The molecule has 2 aliphatic rings. The van der Waals surface area contributed by atoms with Gasteiger partial charge in [-0.1, -0.05) is 18.2 Å². The number of para-hydroxylation sites is 1. The van der Waals surface area contributed by atoms with Gasteiger partial charge >= 0.3 is 6.03 Å². The van der Waals surface area contributed by atoms with Crippen molar-refractivity contribution in [2.45, 2.75) is 32.0 Å². The summed E-state index contributed by atoms with van der Waals surface area (Å²) in [7, 11) is 0. The second-order valence-electron chi connectivity index (χ2n) is 8.31. The quantitative estimate of drug-likeness (QED) is 0.575. The van der Waals surface area contributed by atoms with E-state index in [-0.39, 0.29) is 18.0 Å². The minimum atomic E-state index is -0.826. The van der Waals surface area contributed by atoms with Gasteiger partial charge < -0.3 is 20.1 Å². The van der Waals surface area contributed by atoms with Gasteiger partial charge in [-0.15, -0.1) is 0 Å². The summed E-state index contributed by atoms with van der Waals surface area (Å²) < 4.78 is 11.7. The molecular formula is C26H25N3O4. The maximum atomic E-state index is 13.0. The smallest absolute Gasteiger partial charge is 0.325 e. The maximum Gasteiger partial charge on any atom is 0.325 e. The third-order valence-corrected chi connectivity index (χ3v) is 5.99. The molecule has 2 bridgehead atoms. The Balaban J connectivity index is 1.34. The number of fused-ring (bicyclic) bond motifs is 4. The van der Waals surface area contributed by atoms with Gasteiger partial charge in [-0.25, -0.2) is 4.79 Å². The Morgan fingerprint density at radius 3 is 2.58 bits per heavy atom. The molecule has 5 rings (SSSR count). The van der Waals surface area contributed by atoms with Crippen LogP contribution in [0, 0.1) is 0 Å². The highest BCUT2D eigenvalue weighted by molar-refractivity contribution is 6.05. The molecule has 0 aliphatic carbocycles. The molecule has 7 nitrogen and oxygen atoms in total. The van der Waals surface area contributed by atoms with Crippen LogP contribution in [-0.4, -0.2) is 24.3 Å². The molecule has 3 aromatic carbocycles. The zero-order valence-electron chi connectivity index (χ0n) is 18.5. The summed E-state index contributed by atoms with van der Waals surface area (Å²) >= 11 is 0. The van der Waals surface area contributed by atoms with Gasteiger partial charge in [0.1, 0.15) is 11.5 Å². The van der Waals surface area contributed by atoms with E-state index in [4.69, 9.17) is 9.47 Å². The summed E-state index contributed by atoms with van der Waals surface area (Å²) in [6, 6.07) is 21.6. The van der Waals surface area contributed by atoms with Crippen molar-refractivity contribution in [3.8, 4) is 11.5 Å². The maximum absolute atomic E-state index is 13.0. The first-order chi connectivity index (χ1) is 16.0. The molecule has 0 radical (unpaired) electrons. The molecule has 3 amide bonds. The van der Waals surface area contributed by atoms with Gasteiger partial charge in [-0.2, -0.15) is 0 Å². The second-order valence-corrected chi connectivity index (χ2v) is 8.31. The van der Waals surface area contributed by atoms with Gasteiger partial charge in [-0.05, 0) is 68.4 Å². The van der Waals surface area contributed by atoms with Crippen LogP contribution >= 0.6 is 0 Å². The summed E-state index contributed by atoms with van der Waals surface area (Å²) in [6.45, 7) is 4.43. The van der Waals surface area contributed by atoms with Crippen LogP contribution in [0.1, 0.15) is 42.2 Å². The van der Waals surface area contributed by atoms with Gasteiger partial charge in [0.05, 0.1) is 12.6 Å². The fourth-order valence-electron chi connectivity index (χ4n) is 4.48. The molecular weight excluding hydrogens is 418 g/mol. The molecule has 1 saturated heterocycles. The van der Waals surface area contributed by atoms with Crippen molar-refractivity contribution in [2.24, 2.45) is 0 Å². The van der Waals surface area contributed by atoms with E-state index in [0.29, 0.717) is 30.0 Å². The third-order valence-electron chi connectivity index (χ3n) is 5.99. The number of hydrogen-bond acceptors (Lipinski definition) is 4. The number of anilines is 2. The molecule has 0 unspecified atom stereocenters. The Morgan fingerprint density at radius 2 is 1.85 bits per heavy atom. The lowest BCUT2D eigenvalue weighted by molar-refractivity contribution is 0.0379. The zero-order chi connectivity index (χ0) is 23.0. The number of amides is 3. The first kappa shape index (κ1) is 20.9. The van der Waals surface area contributed by atoms with E-state index in [0.717, 1.165) is 17.1 Å². The summed E-state index contributed by atoms with van der Waals surface area (Å²) in [5.74, 6) is 1.29. The molecule has 2 atom stereocenters. The molecule has 0 aromatic heterocycles. The minimum absolute atomic E-state index is 0.0946. The highest BCUT2D eigenvalue weighted by Gasteiger charge is 2.49. The zero-order valence-corrected chi connectivity index (χ0v) is 18.5. The lowest BCUT2D eigenvalue weighted by atomic mass is 9.90. The molecule has 2 N–H and O–H groups in total. The Labute approximate surface area is 192 Å². The number of nitrogens with one attached hydrogen (secondary N) is 2.